The molecule has 0 amide bonds. The minimum atomic E-state index is -1.28. The zero-order chi connectivity index (χ0) is 11.3. The summed E-state index contributed by atoms with van der Waals surface area (Å²) in [6.45, 7) is 10.2. The zero-order valence-corrected chi connectivity index (χ0v) is 11.4. The van der Waals surface area contributed by atoms with E-state index in [9.17, 15) is 0 Å². The molecule has 0 spiro atoms. The van der Waals surface area contributed by atoms with Crippen molar-refractivity contribution in [3.63, 3.8) is 0 Å². The van der Waals surface area contributed by atoms with Gasteiger partial charge in [0.15, 0.2) is 0 Å². The standard InChI is InChI=1S/C11H15Cl3/c1-6-7(2)9(4)10(5,8(6)3)11(12,13)14/h1-5H3. The summed E-state index contributed by atoms with van der Waals surface area (Å²) in [5.74, 6) is 0. The number of allylic oxidation sites excluding steroid dienone is 4. The topological polar surface area (TPSA) is 0 Å². The Morgan fingerprint density at radius 2 is 1.14 bits per heavy atom. The number of rotatable bonds is 0. The lowest BCUT2D eigenvalue weighted by Gasteiger charge is -2.36. The molecule has 0 aromatic rings. The monoisotopic (exact) mass is 252 g/mol. The highest BCUT2D eigenvalue weighted by molar-refractivity contribution is 6.68. The summed E-state index contributed by atoms with van der Waals surface area (Å²) >= 11 is 18.2. The van der Waals surface area contributed by atoms with Crippen LogP contribution in [0.4, 0.5) is 0 Å². The Morgan fingerprint density at radius 1 is 0.857 bits per heavy atom. The van der Waals surface area contributed by atoms with E-state index in [4.69, 9.17) is 34.8 Å². The van der Waals surface area contributed by atoms with Crippen molar-refractivity contribution in [3.05, 3.63) is 22.3 Å². The fourth-order valence-electron chi connectivity index (χ4n) is 2.02. The minimum Gasteiger partial charge on any atom is -0.0823 e. The quantitative estimate of drug-likeness (QED) is 0.530. The van der Waals surface area contributed by atoms with E-state index in [0.717, 1.165) is 11.1 Å². The summed E-state index contributed by atoms with van der Waals surface area (Å²) in [6, 6.07) is 0. The molecule has 0 nitrogen and oxygen atoms in total. The van der Waals surface area contributed by atoms with Crippen molar-refractivity contribution in [1.29, 1.82) is 0 Å². The second-order valence-corrected chi connectivity index (χ2v) is 6.40. The van der Waals surface area contributed by atoms with Crippen LogP contribution in [-0.4, -0.2) is 3.79 Å². The molecule has 0 saturated carbocycles. The number of hydrogen-bond donors (Lipinski definition) is 0. The van der Waals surface area contributed by atoms with Gasteiger partial charge in [-0.15, -0.1) is 0 Å². The molecule has 0 heterocycles. The minimum absolute atomic E-state index is 0.453. The van der Waals surface area contributed by atoms with E-state index >= 15 is 0 Å². The molecular formula is C11H15Cl3. The highest BCUT2D eigenvalue weighted by Crippen LogP contribution is 2.58. The maximum absolute atomic E-state index is 6.06. The Kier molecular flexibility index (Phi) is 3.05. The normalized spacial score (nSPS) is 22.3. The van der Waals surface area contributed by atoms with Crippen LogP contribution in [0, 0.1) is 5.41 Å². The van der Waals surface area contributed by atoms with Crippen LogP contribution in [0.15, 0.2) is 22.3 Å². The van der Waals surface area contributed by atoms with Crippen molar-refractivity contribution < 1.29 is 0 Å². The second kappa shape index (κ2) is 3.43. The largest absolute Gasteiger partial charge is 0.203 e. The van der Waals surface area contributed by atoms with E-state index in [1.807, 2.05) is 20.8 Å². The molecular weight excluding hydrogens is 238 g/mol. The van der Waals surface area contributed by atoms with Gasteiger partial charge in [-0.05, 0) is 45.8 Å². The molecule has 0 fully saturated rings. The summed E-state index contributed by atoms with van der Waals surface area (Å²) in [5.41, 5.74) is 4.36. The van der Waals surface area contributed by atoms with Gasteiger partial charge in [-0.2, -0.15) is 0 Å². The van der Waals surface area contributed by atoms with Gasteiger partial charge in [-0.25, -0.2) is 0 Å². The third-order valence-electron chi connectivity index (χ3n) is 3.75. The average molecular weight is 254 g/mol. The Morgan fingerprint density at radius 3 is 1.29 bits per heavy atom. The van der Waals surface area contributed by atoms with Gasteiger partial charge < -0.3 is 0 Å². The van der Waals surface area contributed by atoms with E-state index < -0.39 is 9.21 Å². The highest BCUT2D eigenvalue weighted by Gasteiger charge is 2.50. The summed E-state index contributed by atoms with van der Waals surface area (Å²) in [4.78, 5) is 0. The summed E-state index contributed by atoms with van der Waals surface area (Å²) in [5, 5.41) is 0. The Balaban J connectivity index is 3.42. The molecule has 80 valence electrons. The number of halogens is 3. The van der Waals surface area contributed by atoms with E-state index in [-0.39, 0.29) is 0 Å². The molecule has 0 saturated heterocycles. The zero-order valence-electron chi connectivity index (χ0n) is 9.13. The van der Waals surface area contributed by atoms with Crippen LogP contribution in [0.3, 0.4) is 0 Å². The van der Waals surface area contributed by atoms with Crippen molar-refractivity contribution in [2.24, 2.45) is 5.41 Å². The molecule has 0 bridgehead atoms. The average Bonchev–Trinajstić information content (AvgIpc) is 2.21. The number of alkyl halides is 3. The molecule has 1 aliphatic rings. The van der Waals surface area contributed by atoms with Crippen molar-refractivity contribution >= 4 is 34.8 Å². The van der Waals surface area contributed by atoms with Crippen molar-refractivity contribution in [2.45, 2.75) is 38.4 Å². The van der Waals surface area contributed by atoms with Gasteiger partial charge in [-0.3, -0.25) is 0 Å². The highest BCUT2D eigenvalue weighted by atomic mass is 35.6. The lowest BCUT2D eigenvalue weighted by molar-refractivity contribution is 0.497. The van der Waals surface area contributed by atoms with Gasteiger partial charge in [0.25, 0.3) is 0 Å². The molecule has 1 rings (SSSR count). The van der Waals surface area contributed by atoms with Crippen molar-refractivity contribution in [2.75, 3.05) is 0 Å². The smallest absolute Gasteiger partial charge is 0.0823 e. The SMILES string of the molecule is CC1=C(C)C(C)(C(Cl)(Cl)Cl)C(C)=C1C. The molecule has 0 aromatic heterocycles. The molecule has 0 radical (unpaired) electrons. The Bertz CT molecular complexity index is 305. The van der Waals surface area contributed by atoms with Crippen molar-refractivity contribution in [3.8, 4) is 0 Å². The van der Waals surface area contributed by atoms with Gasteiger partial charge in [0.2, 0.25) is 3.79 Å². The summed E-state index contributed by atoms with van der Waals surface area (Å²) in [6.07, 6.45) is 0. The van der Waals surface area contributed by atoms with E-state index in [1.54, 1.807) is 0 Å². The molecule has 0 aliphatic heterocycles. The van der Waals surface area contributed by atoms with Crippen LogP contribution in [0.2, 0.25) is 0 Å². The molecule has 3 heteroatoms. The fraction of sp³-hybridized carbons (Fsp3) is 0.636. The first-order valence-electron chi connectivity index (χ1n) is 4.57. The fourth-order valence-corrected chi connectivity index (χ4v) is 2.87. The van der Waals surface area contributed by atoms with E-state index in [2.05, 4.69) is 13.8 Å². The third-order valence-corrected chi connectivity index (χ3v) is 4.89. The van der Waals surface area contributed by atoms with E-state index in [1.165, 1.54) is 11.1 Å². The predicted molar refractivity (Wildman–Crippen MR) is 65.1 cm³/mol. The van der Waals surface area contributed by atoms with Gasteiger partial charge >= 0.3 is 0 Å². The summed E-state index contributed by atoms with van der Waals surface area (Å²) < 4.78 is -1.28. The first-order chi connectivity index (χ1) is 6.14. The molecule has 0 unspecified atom stereocenters. The van der Waals surface area contributed by atoms with Crippen LogP contribution in [0.5, 0.6) is 0 Å². The Hall–Kier alpha value is 0.350. The number of hydrogen-bond acceptors (Lipinski definition) is 0. The maximum Gasteiger partial charge on any atom is 0.203 e. The van der Waals surface area contributed by atoms with Crippen molar-refractivity contribution in [1.82, 2.24) is 0 Å². The first kappa shape index (κ1) is 12.4. The van der Waals surface area contributed by atoms with Crippen LogP contribution in [-0.2, 0) is 0 Å². The lowest BCUT2D eigenvalue weighted by Crippen LogP contribution is -2.33. The molecule has 0 aromatic carbocycles. The third kappa shape index (κ3) is 1.43. The Labute approximate surface area is 101 Å². The van der Waals surface area contributed by atoms with Gasteiger partial charge in [-0.1, -0.05) is 45.9 Å². The molecule has 0 N–H and O–H groups in total. The van der Waals surface area contributed by atoms with E-state index in [0.29, 0.717) is 0 Å². The van der Waals surface area contributed by atoms with Crippen LogP contribution < -0.4 is 0 Å². The van der Waals surface area contributed by atoms with Gasteiger partial charge in [0.1, 0.15) is 0 Å². The van der Waals surface area contributed by atoms with Gasteiger partial charge in [0, 0.05) is 0 Å². The molecule has 1 aliphatic carbocycles. The second-order valence-electron chi connectivity index (χ2n) is 4.12. The van der Waals surface area contributed by atoms with Crippen LogP contribution in [0.25, 0.3) is 0 Å². The van der Waals surface area contributed by atoms with Gasteiger partial charge in [0.05, 0.1) is 5.41 Å². The summed E-state index contributed by atoms with van der Waals surface area (Å²) in [7, 11) is 0. The van der Waals surface area contributed by atoms with Crippen LogP contribution in [0.1, 0.15) is 34.6 Å². The lowest BCUT2D eigenvalue weighted by atomic mass is 9.81. The van der Waals surface area contributed by atoms with Crippen LogP contribution >= 0.6 is 34.8 Å². The molecule has 0 atom stereocenters. The molecule has 14 heavy (non-hydrogen) atoms. The maximum atomic E-state index is 6.06. The predicted octanol–water partition coefficient (Wildman–Crippen LogP) is 5.05. The first-order valence-corrected chi connectivity index (χ1v) is 5.70.